The number of nitrogens with one attached hydrogen (secondary N) is 1. The third-order valence-electron chi connectivity index (χ3n) is 5.09. The fourth-order valence-corrected chi connectivity index (χ4v) is 3.82. The second kappa shape index (κ2) is 8.63. The van der Waals surface area contributed by atoms with Gasteiger partial charge in [-0.2, -0.15) is 0 Å². The van der Waals surface area contributed by atoms with Crippen LogP contribution in [-0.2, 0) is 0 Å². The van der Waals surface area contributed by atoms with Crippen LogP contribution in [0.3, 0.4) is 0 Å². The van der Waals surface area contributed by atoms with Crippen LogP contribution in [0.1, 0.15) is 28.3 Å². The molecule has 1 saturated heterocycles. The van der Waals surface area contributed by atoms with Gasteiger partial charge in [-0.15, -0.1) is 0 Å². The molecule has 1 aliphatic rings. The highest BCUT2D eigenvalue weighted by Crippen LogP contribution is 2.34. The standard InChI is InChI=1S/C21H25ClN2O3/c1-24-11-10-18(23-21(25)15-6-4-5-7-17(15)22)16(13-24)14-8-9-19(26-2)20(12-14)27-3/h4-9,12,16,18H,10-11,13H2,1-3H3,(H,23,25)/t16-,18-/m0/s1. The number of nitrogens with zero attached hydrogens (tertiary/aromatic N) is 1. The van der Waals surface area contributed by atoms with Crippen LogP contribution in [0.2, 0.25) is 5.02 Å². The van der Waals surface area contributed by atoms with Crippen LogP contribution in [0.15, 0.2) is 42.5 Å². The SMILES string of the molecule is COc1ccc([C@@H]2CN(C)CC[C@@H]2NC(=O)c2ccccc2Cl)cc1OC. The molecule has 1 N–H and O–H groups in total. The van der Waals surface area contributed by atoms with Gasteiger partial charge >= 0.3 is 0 Å². The summed E-state index contributed by atoms with van der Waals surface area (Å²) < 4.78 is 10.8. The Morgan fingerprint density at radius 2 is 1.89 bits per heavy atom. The number of carbonyl (C=O) groups is 1. The highest BCUT2D eigenvalue weighted by atomic mass is 35.5. The van der Waals surface area contributed by atoms with Gasteiger partial charge < -0.3 is 19.7 Å². The zero-order valence-corrected chi connectivity index (χ0v) is 16.6. The smallest absolute Gasteiger partial charge is 0.253 e. The van der Waals surface area contributed by atoms with Crippen LogP contribution in [0.4, 0.5) is 0 Å². The monoisotopic (exact) mass is 388 g/mol. The van der Waals surface area contributed by atoms with Gasteiger partial charge in [0.2, 0.25) is 0 Å². The lowest BCUT2D eigenvalue weighted by molar-refractivity contribution is 0.0904. The molecule has 2 atom stereocenters. The van der Waals surface area contributed by atoms with Crippen molar-refractivity contribution in [2.24, 2.45) is 0 Å². The summed E-state index contributed by atoms with van der Waals surface area (Å²) >= 11 is 6.19. The minimum absolute atomic E-state index is 0.0167. The quantitative estimate of drug-likeness (QED) is 0.850. The molecule has 0 aromatic heterocycles. The van der Waals surface area contributed by atoms with Crippen molar-refractivity contribution in [2.75, 3.05) is 34.4 Å². The molecule has 0 radical (unpaired) electrons. The number of ether oxygens (including phenoxy) is 2. The molecule has 1 fully saturated rings. The van der Waals surface area contributed by atoms with Crippen LogP contribution in [0.5, 0.6) is 11.5 Å². The number of likely N-dealkylation sites (tertiary alicyclic amines) is 1. The van der Waals surface area contributed by atoms with Crippen molar-refractivity contribution < 1.29 is 14.3 Å². The van der Waals surface area contributed by atoms with Gasteiger partial charge in [-0.05, 0) is 49.8 Å². The molecular formula is C21H25ClN2O3. The van der Waals surface area contributed by atoms with Gasteiger partial charge in [-0.1, -0.05) is 29.8 Å². The van der Waals surface area contributed by atoms with Crippen molar-refractivity contribution in [3.05, 3.63) is 58.6 Å². The maximum absolute atomic E-state index is 12.8. The first-order valence-electron chi connectivity index (χ1n) is 8.99. The van der Waals surface area contributed by atoms with Crippen molar-refractivity contribution in [3.63, 3.8) is 0 Å². The van der Waals surface area contributed by atoms with Crippen LogP contribution in [0.25, 0.3) is 0 Å². The van der Waals surface area contributed by atoms with Gasteiger partial charge in [-0.3, -0.25) is 4.79 Å². The Bertz CT molecular complexity index is 812. The zero-order chi connectivity index (χ0) is 19.4. The number of amides is 1. The van der Waals surface area contributed by atoms with Crippen LogP contribution < -0.4 is 14.8 Å². The van der Waals surface area contributed by atoms with E-state index in [-0.39, 0.29) is 17.9 Å². The van der Waals surface area contributed by atoms with E-state index in [2.05, 4.69) is 17.3 Å². The summed E-state index contributed by atoms with van der Waals surface area (Å²) in [6.07, 6.45) is 0.867. The first kappa shape index (κ1) is 19.5. The Hall–Kier alpha value is -2.24. The molecule has 0 saturated carbocycles. The minimum Gasteiger partial charge on any atom is -0.493 e. The number of hydrogen-bond donors (Lipinski definition) is 1. The van der Waals surface area contributed by atoms with E-state index in [1.807, 2.05) is 30.3 Å². The zero-order valence-electron chi connectivity index (χ0n) is 15.9. The number of hydrogen-bond acceptors (Lipinski definition) is 4. The summed E-state index contributed by atoms with van der Waals surface area (Å²) in [6.45, 7) is 1.78. The maximum atomic E-state index is 12.8. The Morgan fingerprint density at radius 1 is 1.15 bits per heavy atom. The van der Waals surface area contributed by atoms with Crippen molar-refractivity contribution in [2.45, 2.75) is 18.4 Å². The van der Waals surface area contributed by atoms with Gasteiger partial charge in [0.15, 0.2) is 11.5 Å². The highest BCUT2D eigenvalue weighted by Gasteiger charge is 2.31. The molecular weight excluding hydrogens is 364 g/mol. The lowest BCUT2D eigenvalue weighted by atomic mass is 9.85. The summed E-state index contributed by atoms with van der Waals surface area (Å²) in [7, 11) is 5.35. The number of piperidine rings is 1. The second-order valence-electron chi connectivity index (χ2n) is 6.83. The molecule has 1 amide bonds. The molecule has 0 unspecified atom stereocenters. The fraction of sp³-hybridized carbons (Fsp3) is 0.381. The first-order chi connectivity index (χ1) is 13.0. The lowest BCUT2D eigenvalue weighted by Gasteiger charge is -2.37. The van der Waals surface area contributed by atoms with E-state index in [0.29, 0.717) is 22.1 Å². The third kappa shape index (κ3) is 4.37. The van der Waals surface area contributed by atoms with E-state index < -0.39 is 0 Å². The Labute approximate surface area is 165 Å². The molecule has 27 heavy (non-hydrogen) atoms. The van der Waals surface area contributed by atoms with Gasteiger partial charge in [0.1, 0.15) is 0 Å². The van der Waals surface area contributed by atoms with E-state index >= 15 is 0 Å². The van der Waals surface area contributed by atoms with Gasteiger partial charge in [0.05, 0.1) is 24.8 Å². The predicted octanol–water partition coefficient (Wildman–Crippen LogP) is 3.57. The summed E-state index contributed by atoms with van der Waals surface area (Å²) in [4.78, 5) is 15.0. The molecule has 0 bridgehead atoms. The number of halogens is 1. The second-order valence-corrected chi connectivity index (χ2v) is 7.24. The summed E-state index contributed by atoms with van der Waals surface area (Å²) in [5.41, 5.74) is 1.62. The summed E-state index contributed by atoms with van der Waals surface area (Å²) in [6, 6.07) is 13.1. The van der Waals surface area contributed by atoms with Gasteiger partial charge in [0.25, 0.3) is 5.91 Å². The first-order valence-corrected chi connectivity index (χ1v) is 9.37. The average molecular weight is 389 g/mol. The molecule has 0 aliphatic carbocycles. The van der Waals surface area contributed by atoms with Crippen LogP contribution in [0, 0.1) is 0 Å². The number of rotatable bonds is 5. The van der Waals surface area contributed by atoms with Crippen LogP contribution in [-0.4, -0.2) is 51.2 Å². The minimum atomic E-state index is -0.138. The molecule has 0 spiro atoms. The molecule has 3 rings (SSSR count). The lowest BCUT2D eigenvalue weighted by Crippen LogP contribution is -2.48. The number of methoxy groups -OCH3 is 2. The van der Waals surface area contributed by atoms with E-state index in [0.717, 1.165) is 25.1 Å². The van der Waals surface area contributed by atoms with Crippen molar-refractivity contribution in [1.29, 1.82) is 0 Å². The maximum Gasteiger partial charge on any atom is 0.253 e. The van der Waals surface area contributed by atoms with Crippen molar-refractivity contribution in [3.8, 4) is 11.5 Å². The Kier molecular flexibility index (Phi) is 6.24. The molecule has 2 aromatic rings. The van der Waals surface area contributed by atoms with Crippen LogP contribution >= 0.6 is 11.6 Å². The third-order valence-corrected chi connectivity index (χ3v) is 5.42. The average Bonchev–Trinajstić information content (AvgIpc) is 2.69. The largest absolute Gasteiger partial charge is 0.493 e. The van der Waals surface area contributed by atoms with Gasteiger partial charge in [-0.25, -0.2) is 0 Å². The van der Waals surface area contributed by atoms with Gasteiger partial charge in [0, 0.05) is 18.5 Å². The molecule has 144 valence electrons. The highest BCUT2D eigenvalue weighted by molar-refractivity contribution is 6.33. The molecule has 1 aliphatic heterocycles. The summed E-state index contributed by atoms with van der Waals surface area (Å²) in [5.74, 6) is 1.40. The van der Waals surface area contributed by atoms with E-state index in [1.54, 1.807) is 26.4 Å². The topological polar surface area (TPSA) is 50.8 Å². The summed E-state index contributed by atoms with van der Waals surface area (Å²) in [5, 5.41) is 3.65. The van der Waals surface area contributed by atoms with E-state index in [1.165, 1.54) is 0 Å². The fourth-order valence-electron chi connectivity index (χ4n) is 3.60. The molecule has 1 heterocycles. The van der Waals surface area contributed by atoms with Crippen molar-refractivity contribution >= 4 is 17.5 Å². The van der Waals surface area contributed by atoms with Crippen molar-refractivity contribution in [1.82, 2.24) is 10.2 Å². The van der Waals surface area contributed by atoms with E-state index in [9.17, 15) is 4.79 Å². The number of benzene rings is 2. The Morgan fingerprint density at radius 3 is 2.59 bits per heavy atom. The van der Waals surface area contributed by atoms with E-state index in [4.69, 9.17) is 21.1 Å². The Balaban J connectivity index is 1.85. The molecule has 5 nitrogen and oxygen atoms in total. The molecule has 6 heteroatoms. The normalized spacial score (nSPS) is 20.1. The predicted molar refractivity (Wildman–Crippen MR) is 107 cm³/mol. The number of likely N-dealkylation sites (N-methyl/N-ethyl adjacent to an activating group) is 1. The molecule has 2 aromatic carbocycles. The number of carbonyl (C=O) groups excluding carboxylic acids is 1.